The topological polar surface area (TPSA) is 90.9 Å². The van der Waals surface area contributed by atoms with Crippen LogP contribution in [0.5, 0.6) is 0 Å². The molecule has 174 valence electrons. The first-order valence-corrected chi connectivity index (χ1v) is 10.6. The van der Waals surface area contributed by atoms with Crippen LogP contribution in [0.4, 0.5) is 13.6 Å². The number of benzene rings is 1. The molecule has 0 saturated carbocycles. The summed E-state index contributed by atoms with van der Waals surface area (Å²) < 4.78 is 32.6. The van der Waals surface area contributed by atoms with E-state index in [0.717, 1.165) is 31.0 Å². The molecule has 9 heteroatoms. The number of β-amino-alcohol motifs (C(OH)–C–C–N with tert-alkyl or cyclic N) is 1. The van der Waals surface area contributed by atoms with Gasteiger partial charge in [0.15, 0.2) is 0 Å². The number of halogens is 2. The van der Waals surface area contributed by atoms with E-state index in [2.05, 4.69) is 10.6 Å². The number of likely N-dealkylation sites (N-methyl/N-ethyl adjacent to an activating group) is 1. The van der Waals surface area contributed by atoms with Crippen LogP contribution in [0.3, 0.4) is 0 Å². The number of hydrogen-bond donors (Lipinski definition) is 3. The summed E-state index contributed by atoms with van der Waals surface area (Å²) in [7, 11) is 1.72. The lowest BCUT2D eigenvalue weighted by Gasteiger charge is -2.31. The van der Waals surface area contributed by atoms with Gasteiger partial charge in [-0.1, -0.05) is 0 Å². The Morgan fingerprint density at radius 1 is 1.26 bits per heavy atom. The van der Waals surface area contributed by atoms with Crippen molar-refractivity contribution in [3.8, 4) is 0 Å². The number of rotatable bonds is 7. The average molecular weight is 442 g/mol. The molecule has 31 heavy (non-hydrogen) atoms. The van der Waals surface area contributed by atoms with Gasteiger partial charge in [0.2, 0.25) is 5.91 Å². The average Bonchev–Trinajstić information content (AvgIpc) is 2.80. The van der Waals surface area contributed by atoms with E-state index in [4.69, 9.17) is 4.74 Å². The van der Waals surface area contributed by atoms with Gasteiger partial charge in [0.25, 0.3) is 0 Å². The van der Waals surface area contributed by atoms with Crippen molar-refractivity contribution in [2.45, 2.75) is 70.2 Å². The van der Waals surface area contributed by atoms with Gasteiger partial charge < -0.3 is 25.4 Å². The zero-order chi connectivity index (χ0) is 23.2. The maximum atomic E-state index is 13.6. The van der Waals surface area contributed by atoms with Gasteiger partial charge in [0.05, 0.1) is 18.2 Å². The second-order valence-corrected chi connectivity index (χ2v) is 8.92. The molecule has 0 bridgehead atoms. The molecule has 1 aliphatic rings. The van der Waals surface area contributed by atoms with E-state index in [1.54, 1.807) is 32.7 Å². The van der Waals surface area contributed by atoms with Gasteiger partial charge in [-0.3, -0.25) is 4.79 Å². The molecule has 0 spiro atoms. The summed E-state index contributed by atoms with van der Waals surface area (Å²) in [6, 6.07) is 1.80. The van der Waals surface area contributed by atoms with Crippen molar-refractivity contribution in [2.75, 3.05) is 20.1 Å². The molecule has 1 aromatic carbocycles. The minimum atomic E-state index is -1.17. The molecule has 1 fully saturated rings. The zero-order valence-electron chi connectivity index (χ0n) is 18.6. The smallest absolute Gasteiger partial charge is 0.407 e. The normalized spacial score (nSPS) is 19.5. The molecule has 1 aliphatic heterocycles. The number of likely N-dealkylation sites (tertiary alicyclic amines) is 1. The highest BCUT2D eigenvalue weighted by molar-refractivity contribution is 5.82. The van der Waals surface area contributed by atoms with Crippen LogP contribution in [0, 0.1) is 11.6 Å². The molecule has 3 atom stereocenters. The summed E-state index contributed by atoms with van der Waals surface area (Å²) >= 11 is 0. The summed E-state index contributed by atoms with van der Waals surface area (Å²) in [5.41, 5.74) is -0.487. The molecular formula is C22H33F2N3O4. The molecular weight excluding hydrogens is 408 g/mol. The van der Waals surface area contributed by atoms with Crippen LogP contribution in [0.25, 0.3) is 0 Å². The number of nitrogens with one attached hydrogen (secondary N) is 2. The van der Waals surface area contributed by atoms with E-state index in [9.17, 15) is 23.5 Å². The van der Waals surface area contributed by atoms with Crippen molar-refractivity contribution in [3.05, 3.63) is 35.4 Å². The number of aliphatic hydroxyl groups excluding tert-OH is 1. The number of amides is 2. The number of nitrogens with zero attached hydrogens (tertiary/aromatic N) is 1. The third-order valence-corrected chi connectivity index (χ3v) is 5.08. The van der Waals surface area contributed by atoms with Crippen molar-refractivity contribution < 1.29 is 28.2 Å². The Balaban J connectivity index is 2.18. The predicted octanol–water partition coefficient (Wildman–Crippen LogP) is 2.36. The first-order valence-electron chi connectivity index (χ1n) is 10.6. The largest absolute Gasteiger partial charge is 0.444 e. The van der Waals surface area contributed by atoms with Gasteiger partial charge in [-0.15, -0.1) is 0 Å². The predicted molar refractivity (Wildman–Crippen MR) is 113 cm³/mol. The van der Waals surface area contributed by atoms with E-state index in [1.165, 1.54) is 0 Å². The summed E-state index contributed by atoms with van der Waals surface area (Å²) in [6.07, 6.45) is 0.431. The molecule has 0 aliphatic carbocycles. The highest BCUT2D eigenvalue weighted by atomic mass is 19.1. The summed E-state index contributed by atoms with van der Waals surface area (Å²) in [4.78, 5) is 26.6. The van der Waals surface area contributed by atoms with E-state index in [0.29, 0.717) is 13.0 Å². The summed E-state index contributed by atoms with van der Waals surface area (Å²) in [5, 5.41) is 16.5. The fourth-order valence-corrected chi connectivity index (χ4v) is 3.63. The Labute approximate surface area is 182 Å². The minimum Gasteiger partial charge on any atom is -0.444 e. The first-order chi connectivity index (χ1) is 14.5. The van der Waals surface area contributed by atoms with Gasteiger partial charge in [-0.05, 0) is 71.2 Å². The molecule has 1 aromatic rings. The maximum absolute atomic E-state index is 13.6. The van der Waals surface area contributed by atoms with Gasteiger partial charge in [0.1, 0.15) is 17.2 Å². The molecule has 1 heterocycles. The van der Waals surface area contributed by atoms with Crippen LogP contribution in [0.1, 0.15) is 45.6 Å². The van der Waals surface area contributed by atoms with Gasteiger partial charge in [-0.2, -0.15) is 0 Å². The van der Waals surface area contributed by atoms with Crippen LogP contribution in [0.15, 0.2) is 18.2 Å². The zero-order valence-corrected chi connectivity index (χ0v) is 18.6. The van der Waals surface area contributed by atoms with E-state index in [-0.39, 0.29) is 30.5 Å². The molecule has 1 saturated heterocycles. The SMILES string of the molecule is CN[C@H]1CCCCN(C[C@@H](O)[C@H](Cc2cc(F)cc(F)c2)NC(=O)OC(C)(C)C)C1=O. The fraction of sp³-hybridized carbons (Fsp3) is 0.636. The number of alkyl carbamates (subject to hydrolysis) is 1. The van der Waals surface area contributed by atoms with Gasteiger partial charge >= 0.3 is 6.09 Å². The number of carbonyl (C=O) groups is 2. The Morgan fingerprint density at radius 3 is 2.48 bits per heavy atom. The highest BCUT2D eigenvalue weighted by Gasteiger charge is 2.31. The first kappa shape index (κ1) is 25.0. The molecule has 0 unspecified atom stereocenters. The number of ether oxygens (including phenoxy) is 1. The summed E-state index contributed by atoms with van der Waals surface area (Å²) in [5.74, 6) is -1.62. The highest BCUT2D eigenvalue weighted by Crippen LogP contribution is 2.16. The van der Waals surface area contributed by atoms with Gasteiger partial charge in [-0.25, -0.2) is 13.6 Å². The number of aliphatic hydroxyl groups is 1. The van der Waals surface area contributed by atoms with Crippen molar-refractivity contribution in [2.24, 2.45) is 0 Å². The second kappa shape index (κ2) is 10.9. The lowest BCUT2D eigenvalue weighted by molar-refractivity contribution is -0.134. The Bertz CT molecular complexity index is 749. The maximum Gasteiger partial charge on any atom is 0.407 e. The molecule has 0 radical (unpaired) electrons. The quantitative estimate of drug-likeness (QED) is 0.604. The van der Waals surface area contributed by atoms with Crippen LogP contribution in [0.2, 0.25) is 0 Å². The fourth-order valence-electron chi connectivity index (χ4n) is 3.63. The summed E-state index contributed by atoms with van der Waals surface area (Å²) in [6.45, 7) is 5.58. The van der Waals surface area contributed by atoms with Crippen LogP contribution >= 0.6 is 0 Å². The molecule has 0 aromatic heterocycles. The van der Waals surface area contributed by atoms with E-state index in [1.807, 2.05) is 0 Å². The number of hydrogen-bond acceptors (Lipinski definition) is 5. The monoisotopic (exact) mass is 441 g/mol. The Kier molecular flexibility index (Phi) is 8.76. The Morgan fingerprint density at radius 2 is 1.90 bits per heavy atom. The van der Waals surface area contributed by atoms with Crippen LogP contribution < -0.4 is 10.6 Å². The molecule has 3 N–H and O–H groups in total. The molecule has 2 rings (SSSR count). The minimum absolute atomic E-state index is 0.0186. The second-order valence-electron chi connectivity index (χ2n) is 8.92. The Hall–Kier alpha value is -2.26. The molecule has 2 amide bonds. The van der Waals surface area contributed by atoms with E-state index >= 15 is 0 Å². The van der Waals surface area contributed by atoms with Crippen molar-refractivity contribution in [3.63, 3.8) is 0 Å². The van der Waals surface area contributed by atoms with E-state index < -0.39 is 35.5 Å². The number of carbonyl (C=O) groups excluding carboxylic acids is 2. The van der Waals surface area contributed by atoms with Crippen LogP contribution in [-0.2, 0) is 16.0 Å². The van der Waals surface area contributed by atoms with Crippen LogP contribution in [-0.4, -0.2) is 65.9 Å². The molecule has 7 nitrogen and oxygen atoms in total. The lowest BCUT2D eigenvalue weighted by atomic mass is 10.00. The third kappa shape index (κ3) is 8.06. The third-order valence-electron chi connectivity index (χ3n) is 5.08. The standard InChI is InChI=1S/C22H33F2N3O4/c1-22(2,3)31-21(30)26-18(11-14-9-15(23)12-16(24)10-14)19(28)13-27-8-6-5-7-17(25-4)20(27)29/h9-10,12,17-19,25,28H,5-8,11,13H2,1-4H3,(H,26,30)/t17-,18-,19+/m0/s1. The van der Waals surface area contributed by atoms with Gasteiger partial charge in [0, 0.05) is 19.2 Å². The van der Waals surface area contributed by atoms with Crippen molar-refractivity contribution >= 4 is 12.0 Å². The van der Waals surface area contributed by atoms with Crippen molar-refractivity contribution in [1.29, 1.82) is 0 Å². The lowest BCUT2D eigenvalue weighted by Crippen LogP contribution is -2.53. The van der Waals surface area contributed by atoms with Crippen molar-refractivity contribution in [1.82, 2.24) is 15.5 Å².